The molecule has 0 unspecified atom stereocenters. The number of oxime groups is 1. The summed E-state index contributed by atoms with van der Waals surface area (Å²) in [5.74, 6) is 0.00302. The van der Waals surface area contributed by atoms with Crippen molar-refractivity contribution in [1.29, 1.82) is 0 Å². The monoisotopic (exact) mass is 280 g/mol. The zero-order valence-corrected chi connectivity index (χ0v) is 11.1. The van der Waals surface area contributed by atoms with Gasteiger partial charge in [-0.05, 0) is 30.8 Å². The van der Waals surface area contributed by atoms with Crippen LogP contribution in [0.4, 0.5) is 0 Å². The lowest BCUT2D eigenvalue weighted by molar-refractivity contribution is 0.318. The van der Waals surface area contributed by atoms with Crippen LogP contribution >= 0.6 is 11.8 Å². The number of aromatic nitrogens is 4. The Labute approximate surface area is 112 Å². The fourth-order valence-corrected chi connectivity index (χ4v) is 2.29. The second-order valence-electron chi connectivity index (χ2n) is 3.79. The zero-order valence-electron chi connectivity index (χ0n) is 10.3. The van der Waals surface area contributed by atoms with E-state index in [0.717, 1.165) is 0 Å². The molecule has 8 nitrogen and oxygen atoms in total. The van der Waals surface area contributed by atoms with E-state index in [-0.39, 0.29) is 11.5 Å². The lowest BCUT2D eigenvalue weighted by Crippen LogP contribution is -2.14. The Morgan fingerprint density at radius 3 is 2.89 bits per heavy atom. The van der Waals surface area contributed by atoms with Crippen LogP contribution in [0, 0.1) is 6.92 Å². The molecule has 2 rings (SSSR count). The lowest BCUT2D eigenvalue weighted by Gasteiger charge is -2.04. The minimum absolute atomic E-state index is 0.00302. The van der Waals surface area contributed by atoms with E-state index in [2.05, 4.69) is 20.3 Å². The molecule has 2 heterocycles. The molecule has 0 amide bonds. The normalized spacial score (nSPS) is 11.8. The van der Waals surface area contributed by atoms with Gasteiger partial charge in [0, 0.05) is 18.3 Å². The van der Waals surface area contributed by atoms with Gasteiger partial charge in [0.25, 0.3) is 0 Å². The third-order valence-corrected chi connectivity index (χ3v) is 3.33. The van der Waals surface area contributed by atoms with Crippen molar-refractivity contribution in [3.63, 3.8) is 0 Å². The van der Waals surface area contributed by atoms with Crippen molar-refractivity contribution >= 4 is 17.6 Å². The first-order valence-electron chi connectivity index (χ1n) is 5.27. The first-order chi connectivity index (χ1) is 9.01. The summed E-state index contributed by atoms with van der Waals surface area (Å²) in [6.45, 7) is 1.79. The van der Waals surface area contributed by atoms with Crippen LogP contribution < -0.4 is 11.4 Å². The van der Waals surface area contributed by atoms with Gasteiger partial charge in [0.05, 0.1) is 0 Å². The van der Waals surface area contributed by atoms with Gasteiger partial charge in [-0.3, -0.25) is 4.57 Å². The summed E-state index contributed by atoms with van der Waals surface area (Å²) in [6, 6.07) is 3.36. The van der Waals surface area contributed by atoms with Crippen molar-refractivity contribution < 1.29 is 5.21 Å². The average Bonchev–Trinajstić information content (AvgIpc) is 2.69. The van der Waals surface area contributed by atoms with Crippen LogP contribution in [0.1, 0.15) is 11.3 Å². The highest BCUT2D eigenvalue weighted by atomic mass is 32.2. The quantitative estimate of drug-likeness (QED) is 0.316. The molecular formula is C10H12N6O2S. The molecule has 0 radical (unpaired) electrons. The third-order valence-electron chi connectivity index (χ3n) is 2.37. The van der Waals surface area contributed by atoms with Gasteiger partial charge in [0.2, 0.25) is 0 Å². The Morgan fingerprint density at radius 2 is 2.32 bits per heavy atom. The maximum Gasteiger partial charge on any atom is 0.343 e. The van der Waals surface area contributed by atoms with Crippen molar-refractivity contribution in [2.24, 2.45) is 17.9 Å². The molecule has 2 aromatic heterocycles. The predicted octanol–water partition coefficient (Wildman–Crippen LogP) is 0.0575. The smallest absolute Gasteiger partial charge is 0.343 e. The van der Waals surface area contributed by atoms with Gasteiger partial charge in [0.15, 0.2) is 11.0 Å². The second kappa shape index (κ2) is 5.14. The molecule has 0 fully saturated rings. The fourth-order valence-electron chi connectivity index (χ4n) is 1.41. The van der Waals surface area contributed by atoms with E-state index < -0.39 is 0 Å². The highest BCUT2D eigenvalue weighted by Gasteiger charge is 2.10. The molecule has 19 heavy (non-hydrogen) atoms. The Kier molecular flexibility index (Phi) is 3.56. The van der Waals surface area contributed by atoms with Gasteiger partial charge in [0.1, 0.15) is 5.03 Å². The molecule has 0 aliphatic heterocycles. The van der Waals surface area contributed by atoms with E-state index >= 15 is 0 Å². The number of aryl methyl sites for hydroxylation is 1. The van der Waals surface area contributed by atoms with Crippen molar-refractivity contribution in [2.75, 3.05) is 0 Å². The molecule has 9 heteroatoms. The molecule has 0 atom stereocenters. The topological polar surface area (TPSA) is 122 Å². The summed E-state index contributed by atoms with van der Waals surface area (Å²) in [4.78, 5) is 15.6. The van der Waals surface area contributed by atoms with E-state index in [1.165, 1.54) is 16.3 Å². The molecule has 0 spiro atoms. The number of pyridine rings is 1. The van der Waals surface area contributed by atoms with Gasteiger partial charge in [-0.1, -0.05) is 5.16 Å². The summed E-state index contributed by atoms with van der Waals surface area (Å²) in [6.07, 6.45) is 0. The van der Waals surface area contributed by atoms with Crippen LogP contribution in [0.5, 0.6) is 0 Å². The van der Waals surface area contributed by atoms with Gasteiger partial charge in [-0.15, -0.1) is 5.10 Å². The highest BCUT2D eigenvalue weighted by molar-refractivity contribution is 7.99. The average molecular weight is 280 g/mol. The molecule has 0 aliphatic rings. The van der Waals surface area contributed by atoms with Crippen molar-refractivity contribution in [3.05, 3.63) is 33.9 Å². The van der Waals surface area contributed by atoms with Crippen LogP contribution in [-0.2, 0) is 7.05 Å². The molecule has 0 saturated heterocycles. The SMILES string of the molecule is Cc1cc(/C(N)=N/O)cc(Sc2n[nH]c(=O)n2C)n1. The Bertz CT molecular complexity index is 690. The molecule has 0 bridgehead atoms. The Balaban J connectivity index is 2.38. The van der Waals surface area contributed by atoms with Gasteiger partial charge < -0.3 is 10.9 Å². The summed E-state index contributed by atoms with van der Waals surface area (Å²) < 4.78 is 1.37. The number of nitrogens with one attached hydrogen (secondary N) is 1. The molecule has 0 saturated carbocycles. The summed E-state index contributed by atoms with van der Waals surface area (Å²) in [5, 5.41) is 18.9. The number of rotatable bonds is 3. The molecule has 4 N–H and O–H groups in total. The van der Waals surface area contributed by atoms with E-state index in [0.29, 0.717) is 21.4 Å². The highest BCUT2D eigenvalue weighted by Crippen LogP contribution is 2.23. The van der Waals surface area contributed by atoms with Crippen LogP contribution in [0.25, 0.3) is 0 Å². The van der Waals surface area contributed by atoms with Gasteiger partial charge in [-0.2, -0.15) is 0 Å². The van der Waals surface area contributed by atoms with E-state index in [1.807, 2.05) is 0 Å². The number of H-pyrrole nitrogens is 1. The zero-order chi connectivity index (χ0) is 14.0. The fraction of sp³-hybridized carbons (Fsp3) is 0.200. The van der Waals surface area contributed by atoms with E-state index in [4.69, 9.17) is 10.9 Å². The number of nitrogens with zero attached hydrogens (tertiary/aromatic N) is 4. The Hall–Kier alpha value is -2.29. The molecule has 0 aromatic carbocycles. The van der Waals surface area contributed by atoms with Crippen LogP contribution in [-0.4, -0.2) is 30.8 Å². The molecule has 0 aliphatic carbocycles. The van der Waals surface area contributed by atoms with E-state index in [1.54, 1.807) is 26.1 Å². The van der Waals surface area contributed by atoms with E-state index in [9.17, 15) is 4.79 Å². The number of nitrogens with two attached hydrogens (primary N) is 1. The molecular weight excluding hydrogens is 268 g/mol. The molecule has 100 valence electrons. The first kappa shape index (κ1) is 13.1. The number of hydrogen-bond acceptors (Lipinski definition) is 6. The van der Waals surface area contributed by atoms with Gasteiger partial charge in [-0.25, -0.2) is 14.9 Å². The van der Waals surface area contributed by atoms with Crippen LogP contribution in [0.2, 0.25) is 0 Å². The predicted molar refractivity (Wildman–Crippen MR) is 69.4 cm³/mol. The Morgan fingerprint density at radius 1 is 1.58 bits per heavy atom. The largest absolute Gasteiger partial charge is 0.409 e. The maximum atomic E-state index is 11.3. The second-order valence-corrected chi connectivity index (χ2v) is 4.78. The van der Waals surface area contributed by atoms with Gasteiger partial charge >= 0.3 is 5.69 Å². The number of hydrogen-bond donors (Lipinski definition) is 3. The number of aromatic amines is 1. The summed E-state index contributed by atoms with van der Waals surface area (Å²) in [7, 11) is 1.61. The molecule has 2 aromatic rings. The maximum absolute atomic E-state index is 11.3. The van der Waals surface area contributed by atoms with Crippen LogP contribution in [0.3, 0.4) is 0 Å². The number of amidine groups is 1. The minimum atomic E-state index is -0.299. The van der Waals surface area contributed by atoms with Crippen molar-refractivity contribution in [1.82, 2.24) is 19.7 Å². The standard InChI is InChI=1S/C10H12N6O2S/c1-5-3-6(8(11)15-18)4-7(12-5)19-10-14-13-9(17)16(10)2/h3-4,18H,1-2H3,(H2,11,15)(H,13,17). The first-order valence-corrected chi connectivity index (χ1v) is 6.08. The summed E-state index contributed by atoms with van der Waals surface area (Å²) in [5.41, 5.74) is 6.51. The summed E-state index contributed by atoms with van der Waals surface area (Å²) >= 11 is 1.21. The minimum Gasteiger partial charge on any atom is -0.409 e. The lowest BCUT2D eigenvalue weighted by atomic mass is 10.2. The van der Waals surface area contributed by atoms with Crippen LogP contribution in [0.15, 0.2) is 32.3 Å². The van der Waals surface area contributed by atoms with Crippen molar-refractivity contribution in [2.45, 2.75) is 17.1 Å². The third kappa shape index (κ3) is 2.76. The van der Waals surface area contributed by atoms with Crippen molar-refractivity contribution in [3.8, 4) is 0 Å².